The average molecular weight is 412 g/mol. The van der Waals surface area contributed by atoms with Crippen molar-refractivity contribution < 1.29 is 14.6 Å². The summed E-state index contributed by atoms with van der Waals surface area (Å²) in [6.07, 6.45) is 5.09. The van der Waals surface area contributed by atoms with Crippen LogP contribution in [0.4, 0.5) is 11.5 Å². The first-order chi connectivity index (χ1) is 14.0. The predicted molar refractivity (Wildman–Crippen MR) is 113 cm³/mol. The fourth-order valence-electron chi connectivity index (χ4n) is 2.71. The van der Waals surface area contributed by atoms with E-state index in [0.717, 1.165) is 5.56 Å². The number of fused-ring (bicyclic) bond motifs is 1. The van der Waals surface area contributed by atoms with Crippen molar-refractivity contribution in [3.8, 4) is 11.5 Å². The van der Waals surface area contributed by atoms with Crippen molar-refractivity contribution >= 4 is 39.9 Å². The third-order valence-electron chi connectivity index (χ3n) is 4.15. The van der Waals surface area contributed by atoms with Crippen LogP contribution < -0.4 is 15.4 Å². The second kappa shape index (κ2) is 9.25. The number of ether oxygens (including phenoxy) is 1. The number of nitrogens with one attached hydrogen (secondary N) is 2. The van der Waals surface area contributed by atoms with Gasteiger partial charge in [-0.15, -0.1) is 0 Å². The Morgan fingerprint density at radius 1 is 1.31 bits per heavy atom. The van der Waals surface area contributed by atoms with Crippen molar-refractivity contribution in [2.24, 2.45) is 0 Å². The Morgan fingerprint density at radius 3 is 2.90 bits per heavy atom. The maximum Gasteiger partial charge on any atom is 0.243 e. The summed E-state index contributed by atoms with van der Waals surface area (Å²) in [6, 6.07) is 8.47. The Labute approximate surface area is 173 Å². The van der Waals surface area contributed by atoms with Crippen molar-refractivity contribution in [1.82, 2.24) is 15.3 Å². The van der Waals surface area contributed by atoms with E-state index in [1.54, 1.807) is 24.3 Å². The van der Waals surface area contributed by atoms with Gasteiger partial charge in [-0.05, 0) is 43.2 Å². The molecule has 0 spiro atoms. The summed E-state index contributed by atoms with van der Waals surface area (Å²) >= 11 is 6.16. The first kappa shape index (κ1) is 20.4. The zero-order chi connectivity index (χ0) is 20.8. The smallest absolute Gasteiger partial charge is 0.243 e. The lowest BCUT2D eigenvalue weighted by Crippen LogP contribution is -2.20. The number of hydrogen-bond acceptors (Lipinski definition) is 6. The molecule has 0 unspecified atom stereocenters. The SMILES string of the molecule is [CH2]CC=CC(=O)NCc1ccc(Cl)cc1Nc1ncnc2cc(OC)c(O)cc12. The fraction of sp³-hybridized carbons (Fsp3) is 0.143. The second-order valence-corrected chi connectivity index (χ2v) is 6.54. The van der Waals surface area contributed by atoms with Crippen molar-refractivity contribution in [2.45, 2.75) is 13.0 Å². The van der Waals surface area contributed by atoms with Crippen molar-refractivity contribution in [2.75, 3.05) is 12.4 Å². The molecule has 1 amide bonds. The number of phenols is 1. The van der Waals surface area contributed by atoms with Gasteiger partial charge in [-0.2, -0.15) is 0 Å². The molecule has 0 aliphatic rings. The van der Waals surface area contributed by atoms with Gasteiger partial charge in [0, 0.05) is 28.7 Å². The van der Waals surface area contributed by atoms with Crippen LogP contribution in [0, 0.1) is 6.92 Å². The molecule has 0 aliphatic carbocycles. The number of allylic oxidation sites excluding steroid dienone is 1. The maximum atomic E-state index is 11.9. The van der Waals surface area contributed by atoms with E-state index in [1.807, 2.05) is 6.07 Å². The van der Waals surface area contributed by atoms with Gasteiger partial charge in [0.15, 0.2) is 11.5 Å². The minimum atomic E-state index is -0.209. The average Bonchev–Trinajstić information content (AvgIpc) is 2.71. The van der Waals surface area contributed by atoms with E-state index >= 15 is 0 Å². The fourth-order valence-corrected chi connectivity index (χ4v) is 2.89. The molecule has 0 bridgehead atoms. The predicted octanol–water partition coefficient (Wildman–Crippen LogP) is 4.14. The molecule has 1 heterocycles. The minimum absolute atomic E-state index is 0.0198. The molecule has 8 heteroatoms. The molecule has 0 aliphatic heterocycles. The number of aromatic hydroxyl groups is 1. The molecule has 0 fully saturated rings. The topological polar surface area (TPSA) is 96.4 Å². The standard InChI is InChI=1S/C21H20ClN4O3/c1-3-4-5-20(28)23-11-13-6-7-14(22)8-16(13)26-21-15-9-18(27)19(29-2)10-17(15)24-12-25-21/h4-10,12,27H,1,3,11H2,2H3,(H,23,28)(H,24,25,26). The van der Waals surface area contributed by atoms with Crippen LogP contribution >= 0.6 is 11.6 Å². The number of anilines is 2. The number of halogens is 1. The summed E-state index contributed by atoms with van der Waals surface area (Å²) in [6.45, 7) is 3.95. The first-order valence-corrected chi connectivity index (χ1v) is 9.20. The number of phenolic OH excluding ortho intramolecular Hbond substituents is 1. The van der Waals surface area contributed by atoms with Crippen LogP contribution in [0.25, 0.3) is 10.9 Å². The number of hydrogen-bond donors (Lipinski definition) is 3. The van der Waals surface area contributed by atoms with Gasteiger partial charge in [0.25, 0.3) is 0 Å². The molecule has 29 heavy (non-hydrogen) atoms. The molecule has 0 atom stereocenters. The van der Waals surface area contributed by atoms with Crippen LogP contribution in [0.3, 0.4) is 0 Å². The van der Waals surface area contributed by atoms with Crippen LogP contribution in [-0.2, 0) is 11.3 Å². The number of benzene rings is 2. The summed E-state index contributed by atoms with van der Waals surface area (Å²) in [5, 5.41) is 17.3. The molecule has 0 saturated carbocycles. The molecule has 0 saturated heterocycles. The van der Waals surface area contributed by atoms with Gasteiger partial charge in [0.05, 0.1) is 12.6 Å². The summed E-state index contributed by atoms with van der Waals surface area (Å²) in [4.78, 5) is 20.4. The molecule has 7 nitrogen and oxygen atoms in total. The number of aromatic nitrogens is 2. The molecule has 3 aromatic rings. The summed E-state index contributed by atoms with van der Waals surface area (Å²) < 4.78 is 5.13. The number of methoxy groups -OCH3 is 1. The van der Waals surface area contributed by atoms with E-state index < -0.39 is 0 Å². The Morgan fingerprint density at radius 2 is 2.14 bits per heavy atom. The molecule has 149 valence electrons. The highest BCUT2D eigenvalue weighted by molar-refractivity contribution is 6.30. The van der Waals surface area contributed by atoms with E-state index in [-0.39, 0.29) is 11.7 Å². The highest BCUT2D eigenvalue weighted by Gasteiger charge is 2.12. The lowest BCUT2D eigenvalue weighted by atomic mass is 10.1. The summed E-state index contributed by atoms with van der Waals surface area (Å²) in [5.41, 5.74) is 2.09. The quantitative estimate of drug-likeness (QED) is 0.506. The van der Waals surface area contributed by atoms with E-state index in [0.29, 0.717) is 46.1 Å². The Hall–Kier alpha value is -3.32. The highest BCUT2D eigenvalue weighted by atomic mass is 35.5. The van der Waals surface area contributed by atoms with Gasteiger partial charge in [-0.1, -0.05) is 23.7 Å². The first-order valence-electron chi connectivity index (χ1n) is 8.82. The molecule has 3 N–H and O–H groups in total. The third kappa shape index (κ3) is 4.94. The van der Waals surface area contributed by atoms with Gasteiger partial charge < -0.3 is 20.5 Å². The van der Waals surface area contributed by atoms with Gasteiger partial charge in [-0.3, -0.25) is 4.79 Å². The number of rotatable bonds is 7. The maximum absolute atomic E-state index is 11.9. The van der Waals surface area contributed by atoms with E-state index in [4.69, 9.17) is 16.3 Å². The number of carbonyl (C=O) groups excluding carboxylic acids is 1. The zero-order valence-electron chi connectivity index (χ0n) is 15.8. The number of nitrogens with zero attached hydrogens (tertiary/aromatic N) is 2. The van der Waals surface area contributed by atoms with Gasteiger partial charge >= 0.3 is 0 Å². The van der Waals surface area contributed by atoms with E-state index in [1.165, 1.54) is 25.6 Å². The Kier molecular flexibility index (Phi) is 6.51. The molecule has 3 rings (SSSR count). The Balaban J connectivity index is 1.92. The van der Waals surface area contributed by atoms with E-state index in [2.05, 4.69) is 27.5 Å². The third-order valence-corrected chi connectivity index (χ3v) is 4.39. The van der Waals surface area contributed by atoms with Gasteiger partial charge in [0.1, 0.15) is 12.1 Å². The van der Waals surface area contributed by atoms with Gasteiger partial charge in [-0.25, -0.2) is 9.97 Å². The molecular formula is C21H20ClN4O3. The van der Waals surface area contributed by atoms with Crippen LogP contribution in [0.5, 0.6) is 11.5 Å². The van der Waals surface area contributed by atoms with Crippen molar-refractivity contribution in [3.63, 3.8) is 0 Å². The number of carbonyl (C=O) groups is 1. The van der Waals surface area contributed by atoms with Crippen molar-refractivity contribution in [1.29, 1.82) is 0 Å². The van der Waals surface area contributed by atoms with E-state index in [9.17, 15) is 9.90 Å². The normalized spacial score (nSPS) is 11.0. The van der Waals surface area contributed by atoms with Crippen LogP contribution in [0.15, 0.2) is 48.8 Å². The molecule has 1 radical (unpaired) electrons. The summed E-state index contributed by atoms with van der Waals surface area (Å²) in [5.74, 6) is 0.580. The van der Waals surface area contributed by atoms with Crippen LogP contribution in [0.1, 0.15) is 12.0 Å². The van der Waals surface area contributed by atoms with Gasteiger partial charge in [0.2, 0.25) is 5.91 Å². The second-order valence-electron chi connectivity index (χ2n) is 6.10. The molecular weight excluding hydrogens is 392 g/mol. The largest absolute Gasteiger partial charge is 0.504 e. The number of amides is 1. The molecule has 2 aromatic carbocycles. The monoisotopic (exact) mass is 411 g/mol. The zero-order valence-corrected chi connectivity index (χ0v) is 16.5. The highest BCUT2D eigenvalue weighted by Crippen LogP contribution is 2.34. The minimum Gasteiger partial charge on any atom is -0.504 e. The van der Waals surface area contributed by atoms with Crippen LogP contribution in [0.2, 0.25) is 5.02 Å². The lowest BCUT2D eigenvalue weighted by molar-refractivity contribution is -0.116. The van der Waals surface area contributed by atoms with Crippen molar-refractivity contribution in [3.05, 3.63) is 66.3 Å². The molecule has 1 aromatic heterocycles. The lowest BCUT2D eigenvalue weighted by Gasteiger charge is -2.14. The Bertz CT molecular complexity index is 1070. The van der Waals surface area contributed by atoms with Crippen LogP contribution in [-0.4, -0.2) is 28.1 Å². The summed E-state index contributed by atoms with van der Waals surface area (Å²) in [7, 11) is 1.47.